The Morgan fingerprint density at radius 2 is 1.65 bits per heavy atom. The van der Waals surface area contributed by atoms with Crippen molar-refractivity contribution in [2.45, 2.75) is 13.5 Å². The van der Waals surface area contributed by atoms with Gasteiger partial charge in [0, 0.05) is 11.1 Å². The molecule has 7 heteroatoms. The number of benzene rings is 4. The molecule has 1 aromatic heterocycles. The number of para-hydroxylation sites is 1. The molecule has 4 aromatic carbocycles. The van der Waals surface area contributed by atoms with E-state index in [1.54, 1.807) is 54.7 Å². The zero-order valence-electron chi connectivity index (χ0n) is 20.2. The summed E-state index contributed by atoms with van der Waals surface area (Å²) in [5.41, 5.74) is 2.26. The van der Waals surface area contributed by atoms with Gasteiger partial charge >= 0.3 is 0 Å². The standard InChI is InChI=1S/C30H24FN3O3/c1-2-36-28-18-21(16-17-27(28)37-20-23-12-6-8-14-25(23)31)19-32-34-29(22-10-4-3-5-11-22)33-26-15-9-7-13-24(26)30(34)35/h3-19H,2,20H2,1H3. The molecular formula is C30H24FN3O3. The molecule has 0 aliphatic heterocycles. The SMILES string of the molecule is CCOc1cc(C=Nn2c(-c3ccccc3)nc3ccccc3c2=O)ccc1OCc1ccccc1F. The molecular weight excluding hydrogens is 469 g/mol. The summed E-state index contributed by atoms with van der Waals surface area (Å²) in [6.45, 7) is 2.36. The Morgan fingerprint density at radius 1 is 0.892 bits per heavy atom. The van der Waals surface area contributed by atoms with Gasteiger partial charge in [-0.3, -0.25) is 4.79 Å². The lowest BCUT2D eigenvalue weighted by molar-refractivity contribution is 0.266. The third-order valence-electron chi connectivity index (χ3n) is 5.72. The zero-order chi connectivity index (χ0) is 25.6. The fourth-order valence-corrected chi connectivity index (χ4v) is 3.89. The summed E-state index contributed by atoms with van der Waals surface area (Å²) in [5, 5.41) is 4.99. The summed E-state index contributed by atoms with van der Waals surface area (Å²) in [7, 11) is 0. The third kappa shape index (κ3) is 5.26. The van der Waals surface area contributed by atoms with Crippen molar-refractivity contribution >= 4 is 17.1 Å². The summed E-state index contributed by atoms with van der Waals surface area (Å²) in [6, 6.07) is 28.4. The van der Waals surface area contributed by atoms with E-state index < -0.39 is 0 Å². The Hall–Kier alpha value is -4.78. The summed E-state index contributed by atoms with van der Waals surface area (Å²) in [4.78, 5) is 18.1. The van der Waals surface area contributed by atoms with Crippen molar-refractivity contribution in [2.24, 2.45) is 5.10 Å². The van der Waals surface area contributed by atoms with Crippen LogP contribution in [0.5, 0.6) is 11.5 Å². The highest BCUT2D eigenvalue weighted by Gasteiger charge is 2.13. The molecule has 0 aliphatic carbocycles. The van der Waals surface area contributed by atoms with Crippen molar-refractivity contribution in [3.63, 3.8) is 0 Å². The first kappa shape index (κ1) is 23.9. The minimum Gasteiger partial charge on any atom is -0.490 e. The Labute approximate surface area is 213 Å². The van der Waals surface area contributed by atoms with Gasteiger partial charge in [0.05, 0.1) is 23.7 Å². The van der Waals surface area contributed by atoms with E-state index in [0.717, 1.165) is 5.56 Å². The van der Waals surface area contributed by atoms with Crippen molar-refractivity contribution in [1.29, 1.82) is 0 Å². The maximum absolute atomic E-state index is 14.0. The van der Waals surface area contributed by atoms with Crippen LogP contribution in [-0.4, -0.2) is 22.5 Å². The van der Waals surface area contributed by atoms with Crippen LogP contribution in [-0.2, 0) is 6.61 Å². The first-order chi connectivity index (χ1) is 18.1. The van der Waals surface area contributed by atoms with Gasteiger partial charge in [0.2, 0.25) is 0 Å². The third-order valence-corrected chi connectivity index (χ3v) is 5.72. The van der Waals surface area contributed by atoms with Crippen LogP contribution in [0.15, 0.2) is 107 Å². The normalized spacial score (nSPS) is 11.2. The molecule has 0 fully saturated rings. The Morgan fingerprint density at radius 3 is 2.46 bits per heavy atom. The summed E-state index contributed by atoms with van der Waals surface area (Å²) < 4.78 is 26.9. The average molecular weight is 494 g/mol. The fourth-order valence-electron chi connectivity index (χ4n) is 3.89. The number of nitrogens with zero attached hydrogens (tertiary/aromatic N) is 3. The van der Waals surface area contributed by atoms with Crippen LogP contribution in [0, 0.1) is 5.82 Å². The van der Waals surface area contributed by atoms with E-state index in [1.807, 2.05) is 49.4 Å². The lowest BCUT2D eigenvalue weighted by Crippen LogP contribution is -2.20. The van der Waals surface area contributed by atoms with E-state index >= 15 is 0 Å². The molecule has 0 saturated heterocycles. The first-order valence-electron chi connectivity index (χ1n) is 11.9. The van der Waals surface area contributed by atoms with Crippen molar-refractivity contribution in [1.82, 2.24) is 9.66 Å². The summed E-state index contributed by atoms with van der Waals surface area (Å²) >= 11 is 0. The van der Waals surface area contributed by atoms with E-state index in [1.165, 1.54) is 10.7 Å². The summed E-state index contributed by atoms with van der Waals surface area (Å²) in [5.74, 6) is 1.09. The molecule has 5 aromatic rings. The van der Waals surface area contributed by atoms with Crippen LogP contribution in [0.1, 0.15) is 18.1 Å². The molecule has 0 amide bonds. The van der Waals surface area contributed by atoms with Gasteiger partial charge in [0.25, 0.3) is 5.56 Å². The number of fused-ring (bicyclic) bond motifs is 1. The Bertz CT molecular complexity index is 1630. The van der Waals surface area contributed by atoms with Crippen LogP contribution in [0.2, 0.25) is 0 Å². The van der Waals surface area contributed by atoms with Gasteiger partial charge in [-0.1, -0.05) is 60.7 Å². The number of hydrogen-bond acceptors (Lipinski definition) is 5. The maximum Gasteiger partial charge on any atom is 0.282 e. The molecule has 184 valence electrons. The molecule has 0 unspecified atom stereocenters. The predicted octanol–water partition coefficient (Wildman–Crippen LogP) is 6.06. The lowest BCUT2D eigenvalue weighted by atomic mass is 10.2. The molecule has 37 heavy (non-hydrogen) atoms. The zero-order valence-corrected chi connectivity index (χ0v) is 20.2. The topological polar surface area (TPSA) is 65.7 Å². The predicted molar refractivity (Wildman–Crippen MR) is 143 cm³/mol. The van der Waals surface area contributed by atoms with Gasteiger partial charge in [-0.2, -0.15) is 9.78 Å². The summed E-state index contributed by atoms with van der Waals surface area (Å²) in [6.07, 6.45) is 1.58. The monoisotopic (exact) mass is 493 g/mol. The van der Waals surface area contributed by atoms with Gasteiger partial charge in [-0.25, -0.2) is 9.37 Å². The number of aromatic nitrogens is 2. The van der Waals surface area contributed by atoms with Crippen molar-refractivity contribution in [2.75, 3.05) is 6.61 Å². The van der Waals surface area contributed by atoms with Crippen LogP contribution in [0.4, 0.5) is 4.39 Å². The largest absolute Gasteiger partial charge is 0.490 e. The van der Waals surface area contributed by atoms with Gasteiger partial charge in [0.1, 0.15) is 12.4 Å². The minimum atomic E-state index is -0.326. The van der Waals surface area contributed by atoms with Crippen molar-refractivity contribution in [3.8, 4) is 22.9 Å². The van der Waals surface area contributed by atoms with Crippen molar-refractivity contribution < 1.29 is 13.9 Å². The molecule has 0 spiro atoms. The van der Waals surface area contributed by atoms with Crippen LogP contribution < -0.4 is 15.0 Å². The number of hydrogen-bond donors (Lipinski definition) is 0. The van der Waals surface area contributed by atoms with Crippen LogP contribution in [0.3, 0.4) is 0 Å². The van der Waals surface area contributed by atoms with E-state index in [4.69, 9.17) is 14.5 Å². The average Bonchev–Trinajstić information content (AvgIpc) is 2.93. The highest BCUT2D eigenvalue weighted by molar-refractivity contribution is 5.82. The van der Waals surface area contributed by atoms with Crippen molar-refractivity contribution in [3.05, 3.63) is 124 Å². The number of rotatable bonds is 8. The molecule has 5 rings (SSSR count). The molecule has 6 nitrogen and oxygen atoms in total. The van der Waals surface area contributed by atoms with E-state index in [2.05, 4.69) is 5.10 Å². The van der Waals surface area contributed by atoms with E-state index in [0.29, 0.717) is 46.0 Å². The molecule has 0 radical (unpaired) electrons. The van der Waals surface area contributed by atoms with E-state index in [-0.39, 0.29) is 18.0 Å². The number of ether oxygens (including phenoxy) is 2. The molecule has 0 aliphatic rings. The molecule has 0 bridgehead atoms. The lowest BCUT2D eigenvalue weighted by Gasteiger charge is -2.13. The van der Waals surface area contributed by atoms with Crippen LogP contribution >= 0.6 is 0 Å². The quantitative estimate of drug-likeness (QED) is 0.246. The van der Waals surface area contributed by atoms with Gasteiger partial charge in [-0.15, -0.1) is 0 Å². The first-order valence-corrected chi connectivity index (χ1v) is 11.9. The molecule has 0 atom stereocenters. The van der Waals surface area contributed by atoms with Gasteiger partial charge in [0.15, 0.2) is 17.3 Å². The maximum atomic E-state index is 14.0. The van der Waals surface area contributed by atoms with E-state index in [9.17, 15) is 9.18 Å². The molecule has 0 saturated carbocycles. The highest BCUT2D eigenvalue weighted by Crippen LogP contribution is 2.29. The molecule has 1 heterocycles. The minimum absolute atomic E-state index is 0.0682. The fraction of sp³-hybridized carbons (Fsp3) is 0.100. The second-order valence-electron chi connectivity index (χ2n) is 8.20. The number of halogens is 1. The smallest absolute Gasteiger partial charge is 0.282 e. The van der Waals surface area contributed by atoms with Gasteiger partial charge in [-0.05, 0) is 48.9 Å². The highest BCUT2D eigenvalue weighted by atomic mass is 19.1. The Kier molecular flexibility index (Phi) is 7.03. The second-order valence-corrected chi connectivity index (χ2v) is 8.20. The molecule has 0 N–H and O–H groups in total. The second kappa shape index (κ2) is 10.9. The van der Waals surface area contributed by atoms with Gasteiger partial charge < -0.3 is 9.47 Å². The van der Waals surface area contributed by atoms with Crippen LogP contribution in [0.25, 0.3) is 22.3 Å². The Balaban J connectivity index is 1.50.